The van der Waals surface area contributed by atoms with Gasteiger partial charge < -0.3 is 5.32 Å². The summed E-state index contributed by atoms with van der Waals surface area (Å²) in [6, 6.07) is 10.2. The molecule has 0 aliphatic rings. The molecule has 2 aromatic heterocycles. The summed E-state index contributed by atoms with van der Waals surface area (Å²) in [6.07, 6.45) is 1.82. The van der Waals surface area contributed by atoms with E-state index in [0.29, 0.717) is 19.6 Å². The summed E-state index contributed by atoms with van der Waals surface area (Å²) in [5.74, 6) is -0.0424. The van der Waals surface area contributed by atoms with E-state index in [1.54, 1.807) is 16.0 Å². The Morgan fingerprint density at radius 3 is 2.58 bits per heavy atom. The Balaban J connectivity index is 1.70. The number of aryl methyl sites for hydroxylation is 3. The van der Waals surface area contributed by atoms with Crippen molar-refractivity contribution in [2.24, 2.45) is 7.05 Å². The third kappa shape index (κ3) is 4.77. The van der Waals surface area contributed by atoms with Crippen LogP contribution in [0.3, 0.4) is 0 Å². The SMILES string of the molecule is Cc1nn(C)cc1NC(=O)CN(Cc1ccccc1)Cc1scnc1C. The van der Waals surface area contributed by atoms with Crippen LogP contribution in [-0.2, 0) is 24.9 Å². The Hall–Kier alpha value is -2.51. The zero-order valence-electron chi connectivity index (χ0n) is 15.3. The second-order valence-electron chi connectivity index (χ2n) is 6.34. The molecule has 3 rings (SSSR count). The lowest BCUT2D eigenvalue weighted by Crippen LogP contribution is -2.32. The van der Waals surface area contributed by atoms with Gasteiger partial charge in [-0.1, -0.05) is 30.3 Å². The molecule has 0 saturated carbocycles. The Morgan fingerprint density at radius 2 is 1.96 bits per heavy atom. The zero-order valence-corrected chi connectivity index (χ0v) is 16.1. The lowest BCUT2D eigenvalue weighted by molar-refractivity contribution is -0.117. The van der Waals surface area contributed by atoms with Crippen molar-refractivity contribution in [3.63, 3.8) is 0 Å². The van der Waals surface area contributed by atoms with Crippen molar-refractivity contribution in [2.75, 3.05) is 11.9 Å². The Bertz CT molecular complexity index is 871. The highest BCUT2D eigenvalue weighted by Crippen LogP contribution is 2.17. The molecule has 0 spiro atoms. The molecule has 2 heterocycles. The maximum absolute atomic E-state index is 12.6. The van der Waals surface area contributed by atoms with E-state index in [-0.39, 0.29) is 5.91 Å². The second-order valence-corrected chi connectivity index (χ2v) is 7.28. The smallest absolute Gasteiger partial charge is 0.238 e. The van der Waals surface area contributed by atoms with Gasteiger partial charge in [-0.05, 0) is 19.4 Å². The number of amides is 1. The molecular formula is C19H23N5OS. The first-order valence-corrected chi connectivity index (χ1v) is 9.34. The zero-order chi connectivity index (χ0) is 18.5. The molecule has 0 atom stereocenters. The van der Waals surface area contributed by atoms with Crippen LogP contribution in [0.2, 0.25) is 0 Å². The Labute approximate surface area is 157 Å². The standard InChI is InChI=1S/C19H23N5OS/c1-14-17(10-23(3)22-14)21-19(25)12-24(9-16-7-5-4-6-8-16)11-18-15(2)20-13-26-18/h4-8,10,13H,9,11-12H2,1-3H3,(H,21,25). The second kappa shape index (κ2) is 8.25. The van der Waals surface area contributed by atoms with Crippen molar-refractivity contribution in [1.82, 2.24) is 19.7 Å². The fraction of sp³-hybridized carbons (Fsp3) is 0.316. The van der Waals surface area contributed by atoms with Crippen LogP contribution >= 0.6 is 11.3 Å². The summed E-state index contributed by atoms with van der Waals surface area (Å²) >= 11 is 1.63. The minimum absolute atomic E-state index is 0.0424. The van der Waals surface area contributed by atoms with E-state index < -0.39 is 0 Å². The number of nitrogens with zero attached hydrogens (tertiary/aromatic N) is 4. The molecule has 0 unspecified atom stereocenters. The van der Waals surface area contributed by atoms with E-state index in [0.717, 1.165) is 17.1 Å². The first-order chi connectivity index (χ1) is 12.5. The summed E-state index contributed by atoms with van der Waals surface area (Å²) in [6.45, 7) is 5.60. The molecule has 0 aliphatic carbocycles. The van der Waals surface area contributed by atoms with Crippen molar-refractivity contribution < 1.29 is 4.79 Å². The van der Waals surface area contributed by atoms with E-state index in [4.69, 9.17) is 0 Å². The number of hydrogen-bond acceptors (Lipinski definition) is 5. The van der Waals surface area contributed by atoms with Gasteiger partial charge in [-0.3, -0.25) is 14.4 Å². The third-order valence-electron chi connectivity index (χ3n) is 4.12. The molecule has 136 valence electrons. The molecule has 7 heteroatoms. The number of anilines is 1. The van der Waals surface area contributed by atoms with E-state index in [1.165, 1.54) is 10.4 Å². The fourth-order valence-electron chi connectivity index (χ4n) is 2.81. The van der Waals surface area contributed by atoms with Gasteiger partial charge in [-0.2, -0.15) is 5.10 Å². The summed E-state index contributed by atoms with van der Waals surface area (Å²) in [7, 11) is 1.84. The number of carbonyl (C=O) groups is 1. The minimum Gasteiger partial charge on any atom is -0.322 e. The number of aromatic nitrogens is 3. The van der Waals surface area contributed by atoms with Gasteiger partial charge in [0.1, 0.15) is 0 Å². The lowest BCUT2D eigenvalue weighted by Gasteiger charge is -2.21. The van der Waals surface area contributed by atoms with Gasteiger partial charge in [0, 0.05) is 31.2 Å². The van der Waals surface area contributed by atoms with Crippen LogP contribution < -0.4 is 5.32 Å². The molecule has 0 fully saturated rings. The van der Waals surface area contributed by atoms with Gasteiger partial charge >= 0.3 is 0 Å². The molecule has 1 amide bonds. The molecule has 6 nitrogen and oxygen atoms in total. The number of thiazole rings is 1. The van der Waals surface area contributed by atoms with Crippen molar-refractivity contribution in [2.45, 2.75) is 26.9 Å². The van der Waals surface area contributed by atoms with Crippen LogP contribution in [0.15, 0.2) is 42.0 Å². The summed E-state index contributed by atoms with van der Waals surface area (Å²) < 4.78 is 1.70. The van der Waals surface area contributed by atoms with Crippen molar-refractivity contribution in [1.29, 1.82) is 0 Å². The predicted octanol–water partition coefficient (Wildman–Crippen LogP) is 3.13. The van der Waals surface area contributed by atoms with Crippen LogP contribution in [0.5, 0.6) is 0 Å². The first kappa shape index (κ1) is 18.3. The van der Waals surface area contributed by atoms with E-state index in [2.05, 4.69) is 32.4 Å². The van der Waals surface area contributed by atoms with Gasteiger partial charge in [-0.25, -0.2) is 4.98 Å². The topological polar surface area (TPSA) is 63.1 Å². The highest BCUT2D eigenvalue weighted by molar-refractivity contribution is 7.09. The van der Waals surface area contributed by atoms with Crippen molar-refractivity contribution >= 4 is 22.9 Å². The number of carbonyl (C=O) groups excluding carboxylic acids is 1. The van der Waals surface area contributed by atoms with Crippen LogP contribution in [0.1, 0.15) is 21.8 Å². The molecular weight excluding hydrogens is 346 g/mol. The molecule has 1 N–H and O–H groups in total. The fourth-order valence-corrected chi connectivity index (χ4v) is 3.62. The van der Waals surface area contributed by atoms with Crippen LogP contribution in [0, 0.1) is 13.8 Å². The monoisotopic (exact) mass is 369 g/mol. The first-order valence-electron chi connectivity index (χ1n) is 8.46. The van der Waals surface area contributed by atoms with Crippen LogP contribution in [0.4, 0.5) is 5.69 Å². The Kier molecular flexibility index (Phi) is 5.80. The van der Waals surface area contributed by atoms with Gasteiger partial charge in [0.15, 0.2) is 0 Å². The van der Waals surface area contributed by atoms with Crippen LogP contribution in [0.25, 0.3) is 0 Å². The maximum atomic E-state index is 12.6. The highest BCUT2D eigenvalue weighted by atomic mass is 32.1. The molecule has 0 bridgehead atoms. The average Bonchev–Trinajstić information content (AvgIpc) is 3.13. The molecule has 1 aromatic carbocycles. The normalized spacial score (nSPS) is 11.1. The quantitative estimate of drug-likeness (QED) is 0.695. The van der Waals surface area contributed by atoms with E-state index in [1.807, 2.05) is 50.8 Å². The molecule has 0 saturated heterocycles. The number of rotatable bonds is 7. The van der Waals surface area contributed by atoms with Gasteiger partial charge in [0.2, 0.25) is 5.91 Å². The molecule has 26 heavy (non-hydrogen) atoms. The predicted molar refractivity (Wildman–Crippen MR) is 104 cm³/mol. The average molecular weight is 369 g/mol. The molecule has 0 aliphatic heterocycles. The molecule has 3 aromatic rings. The summed E-state index contributed by atoms with van der Waals surface area (Å²) in [5.41, 5.74) is 5.63. The lowest BCUT2D eigenvalue weighted by atomic mass is 10.2. The Morgan fingerprint density at radius 1 is 1.19 bits per heavy atom. The van der Waals surface area contributed by atoms with Crippen molar-refractivity contribution in [3.8, 4) is 0 Å². The highest BCUT2D eigenvalue weighted by Gasteiger charge is 2.16. The summed E-state index contributed by atoms with van der Waals surface area (Å²) in [5, 5.41) is 7.23. The third-order valence-corrected chi connectivity index (χ3v) is 5.04. The minimum atomic E-state index is -0.0424. The van der Waals surface area contributed by atoms with Crippen molar-refractivity contribution in [3.05, 3.63) is 63.9 Å². The largest absolute Gasteiger partial charge is 0.322 e. The molecule has 0 radical (unpaired) electrons. The van der Waals surface area contributed by atoms with Gasteiger partial charge in [-0.15, -0.1) is 11.3 Å². The summed E-state index contributed by atoms with van der Waals surface area (Å²) in [4.78, 5) is 20.2. The van der Waals surface area contributed by atoms with Gasteiger partial charge in [0.25, 0.3) is 0 Å². The number of hydrogen-bond donors (Lipinski definition) is 1. The van der Waals surface area contributed by atoms with Gasteiger partial charge in [0.05, 0.1) is 29.1 Å². The number of benzene rings is 1. The number of nitrogens with one attached hydrogen (secondary N) is 1. The maximum Gasteiger partial charge on any atom is 0.238 e. The van der Waals surface area contributed by atoms with E-state index >= 15 is 0 Å². The van der Waals surface area contributed by atoms with Crippen LogP contribution in [-0.4, -0.2) is 32.1 Å². The van der Waals surface area contributed by atoms with E-state index in [9.17, 15) is 4.79 Å².